The Morgan fingerprint density at radius 2 is 2.25 bits per heavy atom. The van der Waals surface area contributed by atoms with E-state index in [1.165, 1.54) is 5.56 Å². The van der Waals surface area contributed by atoms with Gasteiger partial charge >= 0.3 is 0 Å². The van der Waals surface area contributed by atoms with E-state index in [1.54, 1.807) is 0 Å². The molecule has 3 heteroatoms. The molecule has 1 aliphatic rings. The van der Waals surface area contributed by atoms with Gasteiger partial charge in [-0.15, -0.1) is 0 Å². The largest absolute Gasteiger partial charge is 0.379 e. The Kier molecular flexibility index (Phi) is 3.67. The molecule has 1 aromatic carbocycles. The topological polar surface area (TPSA) is 35.2 Å². The normalized spacial score (nSPS) is 20.2. The van der Waals surface area contributed by atoms with Crippen molar-refractivity contribution in [3.63, 3.8) is 0 Å². The summed E-state index contributed by atoms with van der Waals surface area (Å²) in [7, 11) is 0. The van der Waals surface area contributed by atoms with Crippen molar-refractivity contribution in [3.05, 3.63) is 34.3 Å². The summed E-state index contributed by atoms with van der Waals surface area (Å²) in [5.74, 6) is 0. The minimum absolute atomic E-state index is 0.206. The van der Waals surface area contributed by atoms with E-state index in [-0.39, 0.29) is 11.5 Å². The van der Waals surface area contributed by atoms with Crippen LogP contribution in [0.5, 0.6) is 0 Å². The van der Waals surface area contributed by atoms with Crippen molar-refractivity contribution in [3.8, 4) is 0 Å². The van der Waals surface area contributed by atoms with Crippen molar-refractivity contribution in [2.45, 2.75) is 31.2 Å². The molecule has 2 rings (SSSR count). The van der Waals surface area contributed by atoms with E-state index in [0.717, 1.165) is 30.5 Å². The van der Waals surface area contributed by atoms with Crippen LogP contribution in [0, 0.1) is 0 Å². The van der Waals surface area contributed by atoms with Crippen molar-refractivity contribution in [1.82, 2.24) is 0 Å². The van der Waals surface area contributed by atoms with Crippen LogP contribution in [0.2, 0.25) is 0 Å². The zero-order valence-electron chi connectivity index (χ0n) is 9.58. The molecule has 0 radical (unpaired) electrons. The maximum atomic E-state index is 5.84. The van der Waals surface area contributed by atoms with Crippen molar-refractivity contribution in [2.24, 2.45) is 5.73 Å². The predicted octanol–water partition coefficient (Wildman–Crippen LogP) is 2.84. The van der Waals surface area contributed by atoms with Gasteiger partial charge in [-0.2, -0.15) is 0 Å². The Morgan fingerprint density at radius 3 is 2.75 bits per heavy atom. The Hall–Kier alpha value is -0.380. The molecule has 0 aromatic heterocycles. The zero-order valence-corrected chi connectivity index (χ0v) is 11.2. The number of rotatable bonds is 4. The van der Waals surface area contributed by atoms with Gasteiger partial charge in [-0.25, -0.2) is 0 Å². The van der Waals surface area contributed by atoms with Crippen molar-refractivity contribution in [2.75, 3.05) is 13.2 Å². The van der Waals surface area contributed by atoms with Crippen molar-refractivity contribution < 1.29 is 4.74 Å². The second-order valence-electron chi connectivity index (χ2n) is 4.80. The first-order chi connectivity index (χ1) is 7.62. The quantitative estimate of drug-likeness (QED) is 0.922. The molecule has 16 heavy (non-hydrogen) atoms. The maximum Gasteiger partial charge on any atom is 0.0585 e. The van der Waals surface area contributed by atoms with E-state index in [4.69, 9.17) is 10.5 Å². The molecule has 1 atom stereocenters. The number of nitrogens with two attached hydrogens (primary N) is 1. The number of halogens is 1. The highest BCUT2D eigenvalue weighted by molar-refractivity contribution is 9.10. The lowest BCUT2D eigenvalue weighted by Crippen LogP contribution is -2.47. The Bertz CT molecular complexity index is 361. The van der Waals surface area contributed by atoms with E-state index in [1.807, 2.05) is 0 Å². The van der Waals surface area contributed by atoms with Gasteiger partial charge in [0, 0.05) is 15.9 Å². The second kappa shape index (κ2) is 4.86. The van der Waals surface area contributed by atoms with Crippen LogP contribution in [0.15, 0.2) is 28.7 Å². The van der Waals surface area contributed by atoms with Crippen molar-refractivity contribution >= 4 is 15.9 Å². The molecule has 0 saturated carbocycles. The summed E-state index contributed by atoms with van der Waals surface area (Å²) >= 11 is 3.52. The van der Waals surface area contributed by atoms with E-state index in [0.29, 0.717) is 0 Å². The smallest absolute Gasteiger partial charge is 0.0585 e. The molecule has 1 saturated heterocycles. The molecule has 0 bridgehead atoms. The average molecular weight is 284 g/mol. The van der Waals surface area contributed by atoms with E-state index >= 15 is 0 Å². The van der Waals surface area contributed by atoms with Crippen LogP contribution in [-0.4, -0.2) is 19.3 Å². The molecule has 1 aromatic rings. The monoisotopic (exact) mass is 283 g/mol. The fourth-order valence-electron chi connectivity index (χ4n) is 2.13. The van der Waals surface area contributed by atoms with Gasteiger partial charge in [0.15, 0.2) is 0 Å². The van der Waals surface area contributed by atoms with Gasteiger partial charge in [-0.3, -0.25) is 0 Å². The van der Waals surface area contributed by atoms with Gasteiger partial charge in [0.1, 0.15) is 0 Å². The third kappa shape index (κ3) is 2.47. The highest BCUT2D eigenvalue weighted by Gasteiger charge is 2.39. The lowest BCUT2D eigenvalue weighted by Gasteiger charge is -2.42. The summed E-state index contributed by atoms with van der Waals surface area (Å²) in [6.07, 6.45) is 2.16. The molecule has 0 amide bonds. The molecular weight excluding hydrogens is 266 g/mol. The van der Waals surface area contributed by atoms with Crippen LogP contribution < -0.4 is 5.73 Å². The Morgan fingerprint density at radius 1 is 1.50 bits per heavy atom. The molecule has 1 unspecified atom stereocenters. The Balaban J connectivity index is 2.14. The van der Waals surface area contributed by atoms with E-state index < -0.39 is 0 Å². The van der Waals surface area contributed by atoms with Crippen LogP contribution in [0.1, 0.15) is 25.3 Å². The van der Waals surface area contributed by atoms with Crippen molar-refractivity contribution in [1.29, 1.82) is 0 Å². The fourth-order valence-corrected chi connectivity index (χ4v) is 2.53. The molecule has 0 spiro atoms. The Labute approximate surface area is 105 Å². The molecule has 0 aliphatic carbocycles. The van der Waals surface area contributed by atoms with Crippen LogP contribution in [-0.2, 0) is 10.2 Å². The summed E-state index contributed by atoms with van der Waals surface area (Å²) in [6.45, 7) is 3.72. The van der Waals surface area contributed by atoms with Crippen LogP contribution in [0.4, 0.5) is 0 Å². The average Bonchev–Trinajstić information content (AvgIpc) is 2.15. The van der Waals surface area contributed by atoms with E-state index in [2.05, 4.69) is 47.1 Å². The van der Waals surface area contributed by atoms with Gasteiger partial charge in [-0.05, 0) is 37.5 Å². The fraction of sp³-hybridized carbons (Fsp3) is 0.538. The molecule has 2 nitrogen and oxygen atoms in total. The summed E-state index contributed by atoms with van der Waals surface area (Å²) < 4.78 is 6.54. The molecule has 1 aliphatic heterocycles. The second-order valence-corrected chi connectivity index (χ2v) is 5.72. The first kappa shape index (κ1) is 12.1. The van der Waals surface area contributed by atoms with Gasteiger partial charge in [0.05, 0.1) is 13.2 Å². The molecule has 1 fully saturated rings. The lowest BCUT2D eigenvalue weighted by molar-refractivity contribution is -0.0657. The summed E-state index contributed by atoms with van der Waals surface area (Å²) in [6, 6.07) is 8.80. The zero-order chi connectivity index (χ0) is 11.6. The van der Waals surface area contributed by atoms with E-state index in [9.17, 15) is 0 Å². The standard InChI is InChI=1S/C13H18BrNO/c1-10(15)5-6-13(8-16-9-13)11-3-2-4-12(14)7-11/h2-4,7,10H,5-6,8-9,15H2,1H3. The number of benzene rings is 1. The lowest BCUT2D eigenvalue weighted by atomic mass is 9.74. The first-order valence-electron chi connectivity index (χ1n) is 5.72. The highest BCUT2D eigenvalue weighted by atomic mass is 79.9. The number of hydrogen-bond donors (Lipinski definition) is 1. The van der Waals surface area contributed by atoms with Gasteiger partial charge in [0.2, 0.25) is 0 Å². The van der Waals surface area contributed by atoms with Crippen LogP contribution in [0.3, 0.4) is 0 Å². The first-order valence-corrected chi connectivity index (χ1v) is 6.51. The summed E-state index contributed by atoms with van der Waals surface area (Å²) in [5.41, 5.74) is 7.41. The van der Waals surface area contributed by atoms with Gasteiger partial charge in [-0.1, -0.05) is 28.1 Å². The highest BCUT2D eigenvalue weighted by Crippen LogP contribution is 2.37. The van der Waals surface area contributed by atoms with Crippen LogP contribution >= 0.6 is 15.9 Å². The molecule has 2 N–H and O–H groups in total. The minimum atomic E-state index is 0.206. The number of ether oxygens (including phenoxy) is 1. The molecule has 88 valence electrons. The van der Waals surface area contributed by atoms with Gasteiger partial charge < -0.3 is 10.5 Å². The molecule has 1 heterocycles. The summed E-state index contributed by atoms with van der Waals surface area (Å²) in [4.78, 5) is 0. The third-order valence-electron chi connectivity index (χ3n) is 3.27. The van der Waals surface area contributed by atoms with Crippen LogP contribution in [0.25, 0.3) is 0 Å². The molecular formula is C13H18BrNO. The third-order valence-corrected chi connectivity index (χ3v) is 3.77. The maximum absolute atomic E-state index is 5.84. The minimum Gasteiger partial charge on any atom is -0.379 e. The predicted molar refractivity (Wildman–Crippen MR) is 69.5 cm³/mol. The SMILES string of the molecule is CC(N)CCC1(c2cccc(Br)c2)COC1. The number of hydrogen-bond acceptors (Lipinski definition) is 2. The van der Waals surface area contributed by atoms with Gasteiger partial charge in [0.25, 0.3) is 0 Å². The summed E-state index contributed by atoms with van der Waals surface area (Å²) in [5, 5.41) is 0.